The molecule has 49 heavy (non-hydrogen) atoms. The second-order valence-corrected chi connectivity index (χ2v) is 13.6. The minimum absolute atomic E-state index is 0.0721. The highest BCUT2D eigenvalue weighted by Gasteiger charge is 2.37. The molecule has 1 unspecified atom stereocenters. The van der Waals surface area contributed by atoms with Crippen LogP contribution in [0.15, 0.2) is 170 Å². The van der Waals surface area contributed by atoms with Gasteiger partial charge in [-0.15, -0.1) is 0 Å². The maximum Gasteiger partial charge on any atom is 0.101 e. The van der Waals surface area contributed by atoms with Gasteiger partial charge in [0.05, 0.1) is 0 Å². The summed E-state index contributed by atoms with van der Waals surface area (Å²) >= 11 is 0. The third-order valence-electron chi connectivity index (χ3n) is 10.1. The Labute approximate surface area is 289 Å². The van der Waals surface area contributed by atoms with Gasteiger partial charge < -0.3 is 11.1 Å². The molecule has 2 heteroatoms. The fourth-order valence-corrected chi connectivity index (χ4v) is 7.40. The zero-order valence-electron chi connectivity index (χ0n) is 28.0. The number of nitrogens with two attached hydrogens (primary N) is 1. The van der Waals surface area contributed by atoms with Crippen LogP contribution in [0, 0.1) is 0 Å². The van der Waals surface area contributed by atoms with Crippen LogP contribution in [0.2, 0.25) is 0 Å². The highest BCUT2D eigenvalue weighted by Crippen LogP contribution is 2.53. The Kier molecular flexibility index (Phi) is 7.95. The Balaban J connectivity index is 1.13. The van der Waals surface area contributed by atoms with Crippen LogP contribution in [-0.4, -0.2) is 0 Å². The molecule has 0 bridgehead atoms. The van der Waals surface area contributed by atoms with E-state index in [4.69, 9.17) is 5.73 Å². The molecule has 0 amide bonds. The van der Waals surface area contributed by atoms with Gasteiger partial charge in [-0.1, -0.05) is 172 Å². The molecule has 0 aromatic heterocycles. The van der Waals surface area contributed by atoms with Gasteiger partial charge in [-0.25, -0.2) is 0 Å². The molecule has 1 atom stereocenters. The van der Waals surface area contributed by atoms with Crippen LogP contribution in [0.4, 0.5) is 0 Å². The monoisotopic (exact) mass is 632 g/mol. The smallest absolute Gasteiger partial charge is 0.101 e. The van der Waals surface area contributed by atoms with Crippen LogP contribution in [0.5, 0.6) is 0 Å². The summed E-state index contributed by atoms with van der Waals surface area (Å²) < 4.78 is 0. The summed E-state index contributed by atoms with van der Waals surface area (Å²) in [7, 11) is 0. The van der Waals surface area contributed by atoms with Crippen molar-refractivity contribution in [2.75, 3.05) is 0 Å². The molecule has 0 saturated heterocycles. The SMILES string of the molecule is CC1(C)c2cc3ccccc3cc2-c2c(-c3ccc(/C(=C/Cc4ccc(-c5ccccc5)cc4)NC(N)c4ccccc4)cc3)cccc21. The van der Waals surface area contributed by atoms with Crippen LogP contribution in [0.25, 0.3) is 49.9 Å². The number of allylic oxidation sites excluding steroid dienone is 1. The number of benzene rings is 7. The first kappa shape index (κ1) is 30.6. The first-order valence-electron chi connectivity index (χ1n) is 17.2. The molecular weight excluding hydrogens is 593 g/mol. The highest BCUT2D eigenvalue weighted by molar-refractivity contribution is 5.98. The van der Waals surface area contributed by atoms with Crippen molar-refractivity contribution in [3.63, 3.8) is 0 Å². The lowest BCUT2D eigenvalue weighted by Crippen LogP contribution is -2.27. The Hall–Kier alpha value is -5.70. The van der Waals surface area contributed by atoms with Crippen molar-refractivity contribution in [2.24, 2.45) is 5.73 Å². The predicted octanol–water partition coefficient (Wildman–Crippen LogP) is 11.3. The summed E-state index contributed by atoms with van der Waals surface area (Å²) in [5.41, 5.74) is 21.5. The van der Waals surface area contributed by atoms with E-state index in [9.17, 15) is 0 Å². The van der Waals surface area contributed by atoms with E-state index in [1.54, 1.807) is 0 Å². The third-order valence-corrected chi connectivity index (χ3v) is 10.1. The van der Waals surface area contributed by atoms with E-state index in [0.29, 0.717) is 0 Å². The van der Waals surface area contributed by atoms with Gasteiger partial charge in [-0.05, 0) is 90.5 Å². The van der Waals surface area contributed by atoms with Crippen molar-refractivity contribution in [3.05, 3.63) is 198 Å². The molecule has 238 valence electrons. The Bertz CT molecular complexity index is 2280. The summed E-state index contributed by atoms with van der Waals surface area (Å²) in [6, 6.07) is 58.8. The van der Waals surface area contributed by atoms with Gasteiger partial charge in [0, 0.05) is 11.1 Å². The molecule has 0 saturated carbocycles. The summed E-state index contributed by atoms with van der Waals surface area (Å²) in [5, 5.41) is 6.21. The van der Waals surface area contributed by atoms with Crippen molar-refractivity contribution in [3.8, 4) is 33.4 Å². The van der Waals surface area contributed by atoms with Crippen LogP contribution >= 0.6 is 0 Å². The van der Waals surface area contributed by atoms with E-state index in [1.165, 1.54) is 60.8 Å². The summed E-state index contributed by atoms with van der Waals surface area (Å²) in [6.07, 6.45) is 2.71. The number of fused-ring (bicyclic) bond motifs is 4. The van der Waals surface area contributed by atoms with Crippen LogP contribution in [0.1, 0.15) is 47.8 Å². The normalized spacial score (nSPS) is 13.9. The van der Waals surface area contributed by atoms with Crippen molar-refractivity contribution in [1.29, 1.82) is 0 Å². The van der Waals surface area contributed by atoms with Crippen molar-refractivity contribution in [2.45, 2.75) is 31.8 Å². The number of hydrogen-bond acceptors (Lipinski definition) is 2. The van der Waals surface area contributed by atoms with Gasteiger partial charge >= 0.3 is 0 Å². The van der Waals surface area contributed by atoms with Gasteiger partial charge in [0.25, 0.3) is 0 Å². The Morgan fingerprint density at radius 1 is 0.592 bits per heavy atom. The molecule has 0 aliphatic heterocycles. The molecule has 0 radical (unpaired) electrons. The summed E-state index contributed by atoms with van der Waals surface area (Å²) in [4.78, 5) is 0. The van der Waals surface area contributed by atoms with E-state index in [0.717, 1.165) is 23.2 Å². The lowest BCUT2D eigenvalue weighted by molar-refractivity contribution is 0.661. The Morgan fingerprint density at radius 3 is 1.92 bits per heavy atom. The van der Waals surface area contributed by atoms with E-state index >= 15 is 0 Å². The topological polar surface area (TPSA) is 38.0 Å². The van der Waals surface area contributed by atoms with Gasteiger partial charge in [-0.2, -0.15) is 0 Å². The average Bonchev–Trinajstić information content (AvgIpc) is 3.38. The molecule has 0 spiro atoms. The maximum absolute atomic E-state index is 6.73. The minimum atomic E-state index is -0.335. The summed E-state index contributed by atoms with van der Waals surface area (Å²) in [5.74, 6) is 0. The molecule has 8 rings (SSSR count). The van der Waals surface area contributed by atoms with Gasteiger partial charge in [0.15, 0.2) is 0 Å². The highest BCUT2D eigenvalue weighted by atomic mass is 15.0. The second kappa shape index (κ2) is 12.7. The van der Waals surface area contributed by atoms with E-state index < -0.39 is 0 Å². The molecule has 2 nitrogen and oxygen atoms in total. The number of nitrogens with one attached hydrogen (secondary N) is 1. The maximum atomic E-state index is 6.73. The standard InChI is InChI=1S/C47H40N2/c1-47(2)42-19-11-18-40(45(42)41-30-38-16-9-10-17-39(38)31-43(41)47)35-25-27-36(28-26-35)44(49-46(48)37-14-7-4-8-15-37)29-22-32-20-23-34(24-21-32)33-12-5-3-6-13-33/h3-21,23-31,46,49H,22,48H2,1-2H3/b44-29-. The first-order chi connectivity index (χ1) is 24.0. The first-order valence-corrected chi connectivity index (χ1v) is 17.2. The van der Waals surface area contributed by atoms with Crippen molar-refractivity contribution in [1.82, 2.24) is 5.32 Å². The van der Waals surface area contributed by atoms with E-state index in [-0.39, 0.29) is 11.6 Å². The predicted molar refractivity (Wildman–Crippen MR) is 207 cm³/mol. The molecule has 0 heterocycles. The average molecular weight is 633 g/mol. The second-order valence-electron chi connectivity index (χ2n) is 13.6. The number of hydrogen-bond donors (Lipinski definition) is 2. The number of rotatable bonds is 8. The van der Waals surface area contributed by atoms with Crippen LogP contribution in [-0.2, 0) is 11.8 Å². The van der Waals surface area contributed by atoms with E-state index in [2.05, 4.69) is 171 Å². The lowest BCUT2D eigenvalue weighted by atomic mass is 9.81. The minimum Gasteiger partial charge on any atom is -0.366 e. The van der Waals surface area contributed by atoms with Gasteiger partial charge in [0.1, 0.15) is 6.17 Å². The fourth-order valence-electron chi connectivity index (χ4n) is 7.40. The van der Waals surface area contributed by atoms with Crippen LogP contribution < -0.4 is 11.1 Å². The molecule has 7 aromatic carbocycles. The van der Waals surface area contributed by atoms with Gasteiger partial charge in [0.2, 0.25) is 0 Å². The van der Waals surface area contributed by atoms with E-state index in [1.807, 2.05) is 18.2 Å². The quantitative estimate of drug-likeness (QED) is 0.164. The lowest BCUT2D eigenvalue weighted by Gasteiger charge is -2.22. The molecule has 0 fully saturated rings. The molecule has 3 N–H and O–H groups in total. The molecule has 7 aromatic rings. The third kappa shape index (κ3) is 5.86. The molecule has 1 aliphatic carbocycles. The largest absolute Gasteiger partial charge is 0.366 e. The van der Waals surface area contributed by atoms with Gasteiger partial charge in [-0.3, -0.25) is 0 Å². The van der Waals surface area contributed by atoms with Crippen LogP contribution in [0.3, 0.4) is 0 Å². The summed E-state index contributed by atoms with van der Waals surface area (Å²) in [6.45, 7) is 4.71. The zero-order valence-corrected chi connectivity index (χ0v) is 28.0. The fraction of sp³-hybridized carbons (Fsp3) is 0.106. The molecular formula is C47H40N2. The Morgan fingerprint density at radius 2 is 1.20 bits per heavy atom. The van der Waals surface area contributed by atoms with Crippen molar-refractivity contribution < 1.29 is 0 Å². The molecule has 1 aliphatic rings. The zero-order chi connectivity index (χ0) is 33.4. The van der Waals surface area contributed by atoms with Crippen molar-refractivity contribution >= 4 is 16.5 Å².